The van der Waals surface area contributed by atoms with Crippen LogP contribution in [0.4, 0.5) is 5.69 Å². The Bertz CT molecular complexity index is 1690. The van der Waals surface area contributed by atoms with Crippen LogP contribution in [-0.4, -0.2) is 77.7 Å². The molecule has 2 N–H and O–H groups in total. The van der Waals surface area contributed by atoms with Crippen molar-refractivity contribution >= 4 is 21.6 Å². The summed E-state index contributed by atoms with van der Waals surface area (Å²) in [4.78, 5) is 21.5. The summed E-state index contributed by atoms with van der Waals surface area (Å²) in [5.41, 5.74) is 3.82. The number of aliphatic hydroxyl groups is 1. The summed E-state index contributed by atoms with van der Waals surface area (Å²) in [5, 5.41) is 9.83. The van der Waals surface area contributed by atoms with E-state index in [0.29, 0.717) is 19.6 Å². The number of benzene rings is 3. The van der Waals surface area contributed by atoms with Crippen molar-refractivity contribution in [1.29, 1.82) is 0 Å². The molecular weight excluding hydrogens is 578 g/mol. The Morgan fingerprint density at radius 3 is 2.43 bits per heavy atom. The highest BCUT2D eigenvalue weighted by Gasteiger charge is 2.35. The zero-order valence-electron chi connectivity index (χ0n) is 25.4. The van der Waals surface area contributed by atoms with Crippen molar-refractivity contribution < 1.29 is 23.1 Å². The molecule has 4 aromatic rings. The number of likely N-dealkylation sites (N-methyl/N-ethyl adjacent to an activating group) is 1. The lowest BCUT2D eigenvalue weighted by Gasteiger charge is -2.38. The average molecular weight is 618 g/mol. The van der Waals surface area contributed by atoms with Crippen LogP contribution in [0.5, 0.6) is 5.75 Å². The van der Waals surface area contributed by atoms with Crippen LogP contribution in [0, 0.1) is 5.92 Å². The number of anilines is 1. The minimum atomic E-state index is -4.05. The highest BCUT2D eigenvalue weighted by molar-refractivity contribution is 7.92. The lowest BCUT2D eigenvalue weighted by Crippen LogP contribution is -2.49. The van der Waals surface area contributed by atoms with Crippen LogP contribution in [-0.2, 0) is 23.6 Å². The summed E-state index contributed by atoms with van der Waals surface area (Å²) >= 11 is 0. The number of hydrogen-bond acceptors (Lipinski definition) is 7. The Morgan fingerprint density at radius 1 is 1.07 bits per heavy atom. The molecule has 10 nitrogen and oxygen atoms in total. The molecule has 44 heavy (non-hydrogen) atoms. The third-order valence-electron chi connectivity index (χ3n) is 7.90. The van der Waals surface area contributed by atoms with E-state index in [1.165, 1.54) is 12.5 Å². The number of aryl methyl sites for hydroxylation is 1. The van der Waals surface area contributed by atoms with E-state index >= 15 is 0 Å². The van der Waals surface area contributed by atoms with E-state index in [-0.39, 0.29) is 40.5 Å². The van der Waals surface area contributed by atoms with E-state index in [2.05, 4.69) is 51.0 Å². The number of fused-ring (bicyclic) bond motifs is 1. The average Bonchev–Trinajstić information content (AvgIpc) is 3.47. The molecule has 0 fully saturated rings. The number of rotatable bonds is 10. The maximum absolute atomic E-state index is 13.8. The standard InChI is InChI=1S/C33H39N5O5S/c1-23-17-38(24(2)21-39)33(40)28-11-8-12-29(35-44(41,42)31-20-37(4)22-34-31)32(28)43-30(23)19-36(3)18-25-13-15-27(16-14-25)26-9-6-5-7-10-26/h5-16,20,22-24,30,35,39H,17-19,21H2,1-4H3/t23-,24+,30-/m0/s1. The molecular formula is C33H39N5O5S. The van der Waals surface area contributed by atoms with Gasteiger partial charge in [-0.3, -0.25) is 14.4 Å². The van der Waals surface area contributed by atoms with Gasteiger partial charge in [0.05, 0.1) is 30.2 Å². The van der Waals surface area contributed by atoms with E-state index in [4.69, 9.17) is 4.74 Å². The number of carbonyl (C=O) groups is 1. The van der Waals surface area contributed by atoms with Crippen LogP contribution in [0.15, 0.2) is 90.3 Å². The predicted molar refractivity (Wildman–Crippen MR) is 170 cm³/mol. The molecule has 5 rings (SSSR count). The summed E-state index contributed by atoms with van der Waals surface area (Å²) < 4.78 is 37.1. The predicted octanol–water partition coefficient (Wildman–Crippen LogP) is 4.24. The summed E-state index contributed by atoms with van der Waals surface area (Å²) in [6, 6.07) is 23.1. The topological polar surface area (TPSA) is 117 Å². The number of nitrogens with one attached hydrogen (secondary N) is 1. The van der Waals surface area contributed by atoms with Crippen molar-refractivity contribution in [2.75, 3.05) is 31.5 Å². The molecule has 3 aromatic carbocycles. The molecule has 2 heterocycles. The zero-order valence-corrected chi connectivity index (χ0v) is 26.2. The highest BCUT2D eigenvalue weighted by atomic mass is 32.2. The maximum Gasteiger partial charge on any atom is 0.281 e. The van der Waals surface area contributed by atoms with E-state index in [1.807, 2.05) is 32.2 Å². The molecule has 11 heteroatoms. The van der Waals surface area contributed by atoms with Crippen LogP contribution < -0.4 is 9.46 Å². The normalized spacial score (nSPS) is 17.9. The van der Waals surface area contributed by atoms with Gasteiger partial charge in [-0.25, -0.2) is 4.98 Å². The van der Waals surface area contributed by atoms with Crippen LogP contribution in [0.3, 0.4) is 0 Å². The first-order valence-corrected chi connectivity index (χ1v) is 16.1. The number of amides is 1. The second kappa shape index (κ2) is 13.2. The molecule has 0 radical (unpaired) electrons. The highest BCUT2D eigenvalue weighted by Crippen LogP contribution is 2.36. The molecule has 0 saturated carbocycles. The molecule has 232 valence electrons. The summed E-state index contributed by atoms with van der Waals surface area (Å²) in [6.45, 7) is 5.14. The molecule has 0 bridgehead atoms. The molecule has 1 amide bonds. The van der Waals surface area contributed by atoms with Gasteiger partial charge in [0.1, 0.15) is 6.10 Å². The number of para-hydroxylation sites is 1. The molecule has 0 saturated heterocycles. The molecule has 0 spiro atoms. The Kier molecular flexibility index (Phi) is 9.38. The Hall–Kier alpha value is -4.19. The van der Waals surface area contributed by atoms with E-state index in [9.17, 15) is 18.3 Å². The van der Waals surface area contributed by atoms with Gasteiger partial charge < -0.3 is 19.3 Å². The Labute approximate surface area is 259 Å². The number of carbonyl (C=O) groups excluding carboxylic acids is 1. The fourth-order valence-electron chi connectivity index (χ4n) is 5.38. The summed E-state index contributed by atoms with van der Waals surface area (Å²) in [6.07, 6.45) is 2.41. The quantitative estimate of drug-likeness (QED) is 0.273. The number of aromatic nitrogens is 2. The SMILES string of the molecule is C[C@H](CO)N1C[C@H](C)[C@H](CN(C)Cc2ccc(-c3ccccc3)cc2)Oc2c(NS(=O)(=O)c3cn(C)cn3)cccc2C1=O. The number of ether oxygens (including phenoxy) is 1. The second-order valence-electron chi connectivity index (χ2n) is 11.5. The van der Waals surface area contributed by atoms with E-state index < -0.39 is 22.2 Å². The molecule has 3 atom stereocenters. The monoisotopic (exact) mass is 617 g/mol. The third-order valence-corrected chi connectivity index (χ3v) is 9.15. The van der Waals surface area contributed by atoms with Crippen LogP contribution >= 0.6 is 0 Å². The maximum atomic E-state index is 13.8. The molecule has 0 aliphatic carbocycles. The van der Waals surface area contributed by atoms with Gasteiger partial charge in [0, 0.05) is 38.8 Å². The van der Waals surface area contributed by atoms with Gasteiger partial charge in [-0.1, -0.05) is 67.6 Å². The molecule has 1 aliphatic rings. The van der Waals surface area contributed by atoms with Crippen molar-refractivity contribution in [1.82, 2.24) is 19.4 Å². The van der Waals surface area contributed by atoms with Crippen LogP contribution in [0.1, 0.15) is 29.8 Å². The van der Waals surface area contributed by atoms with Crippen molar-refractivity contribution in [2.45, 2.75) is 37.6 Å². The Morgan fingerprint density at radius 2 is 1.77 bits per heavy atom. The lowest BCUT2D eigenvalue weighted by atomic mass is 9.98. The molecule has 1 aromatic heterocycles. The van der Waals surface area contributed by atoms with Crippen LogP contribution in [0.2, 0.25) is 0 Å². The van der Waals surface area contributed by atoms with E-state index in [1.54, 1.807) is 41.6 Å². The van der Waals surface area contributed by atoms with Gasteiger partial charge in [-0.15, -0.1) is 0 Å². The van der Waals surface area contributed by atoms with E-state index in [0.717, 1.165) is 16.7 Å². The van der Waals surface area contributed by atoms with Gasteiger partial charge in [-0.05, 0) is 42.8 Å². The fourth-order valence-corrected chi connectivity index (χ4v) is 6.43. The molecule has 1 aliphatic heterocycles. The zero-order chi connectivity index (χ0) is 31.4. The minimum absolute atomic E-state index is 0.135. The van der Waals surface area contributed by atoms with Crippen molar-refractivity contribution in [3.8, 4) is 16.9 Å². The first-order chi connectivity index (χ1) is 21.1. The lowest BCUT2D eigenvalue weighted by molar-refractivity contribution is 0.0344. The smallest absolute Gasteiger partial charge is 0.281 e. The van der Waals surface area contributed by atoms with Gasteiger partial charge in [0.25, 0.3) is 15.9 Å². The van der Waals surface area contributed by atoms with Crippen molar-refractivity contribution in [2.24, 2.45) is 13.0 Å². The fraction of sp³-hybridized carbons (Fsp3) is 0.333. The van der Waals surface area contributed by atoms with Crippen molar-refractivity contribution in [3.63, 3.8) is 0 Å². The van der Waals surface area contributed by atoms with Gasteiger partial charge in [-0.2, -0.15) is 8.42 Å². The van der Waals surface area contributed by atoms with Crippen molar-refractivity contribution in [3.05, 3.63) is 96.4 Å². The first kappa shape index (κ1) is 31.2. The van der Waals surface area contributed by atoms with Gasteiger partial charge >= 0.3 is 0 Å². The second-order valence-corrected chi connectivity index (χ2v) is 13.2. The van der Waals surface area contributed by atoms with Gasteiger partial charge in [0.15, 0.2) is 10.8 Å². The number of hydrogen-bond donors (Lipinski definition) is 2. The summed E-state index contributed by atoms with van der Waals surface area (Å²) in [5.74, 6) is -0.314. The number of imidazole rings is 1. The number of nitrogens with zero attached hydrogens (tertiary/aromatic N) is 4. The summed E-state index contributed by atoms with van der Waals surface area (Å²) in [7, 11) is -0.362. The third kappa shape index (κ3) is 6.96. The number of sulfonamides is 1. The first-order valence-electron chi connectivity index (χ1n) is 14.6. The largest absolute Gasteiger partial charge is 0.486 e. The number of aliphatic hydroxyl groups excluding tert-OH is 1. The van der Waals surface area contributed by atoms with Gasteiger partial charge in [0.2, 0.25) is 0 Å². The van der Waals surface area contributed by atoms with Crippen LogP contribution in [0.25, 0.3) is 11.1 Å². The molecule has 0 unspecified atom stereocenters. The Balaban J connectivity index is 1.42. The minimum Gasteiger partial charge on any atom is -0.486 e.